The standard InChI is InChI=1S/C24AsF20/c26-5-1(6(27)14(35)21(42)13(5)34)25(2-7(28)15(36)22(43)16(37)8(2)29,3-9(30)17(38)23(44)18(39)10(3)31)4-11(32)19(40)24(45)20(41)12(4)33. The molecule has 0 aliphatic heterocycles. The summed E-state index contributed by atoms with van der Waals surface area (Å²) in [5.41, 5.74) is 0. The Kier molecular flexibility index (Phi) is 8.39. The molecule has 0 aromatic heterocycles. The fraction of sp³-hybridized carbons (Fsp3) is 0. The number of halogens is 20. The van der Waals surface area contributed by atoms with Gasteiger partial charge in [-0.3, -0.25) is 0 Å². The number of rotatable bonds is 4. The van der Waals surface area contributed by atoms with Crippen LogP contribution in [-0.4, -0.2) is 13.6 Å². The van der Waals surface area contributed by atoms with Crippen molar-refractivity contribution < 1.29 is 87.8 Å². The molecular formula is C24AsF20. The molecule has 241 valence electrons. The zero-order valence-electron chi connectivity index (χ0n) is 20.0. The SMILES string of the molecule is Fc1c(F)c(F)c([As](c2c(F)c(F)c(F)c(F)c2F)(c2c(F)c(F)c(F)c(F)c2F)c2c(F)c(F)c(F)c(F)c2F)c(F)c1F. The molecule has 21 heteroatoms. The topological polar surface area (TPSA) is 0 Å². The molecule has 0 fully saturated rings. The molecule has 0 unspecified atom stereocenters. The summed E-state index contributed by atoms with van der Waals surface area (Å²) in [4.78, 5) is 0. The first-order valence-electron chi connectivity index (χ1n) is 10.7. The van der Waals surface area contributed by atoms with E-state index in [9.17, 15) is 52.7 Å². The average molecular weight is 743 g/mol. The van der Waals surface area contributed by atoms with Gasteiger partial charge in [0.05, 0.1) is 0 Å². The van der Waals surface area contributed by atoms with E-state index in [4.69, 9.17) is 0 Å². The minimum absolute atomic E-state index is 3.32. The fourth-order valence-corrected chi connectivity index (χ4v) is 13.6. The van der Waals surface area contributed by atoms with Crippen molar-refractivity contribution in [1.82, 2.24) is 0 Å². The molecule has 0 saturated carbocycles. The van der Waals surface area contributed by atoms with Crippen molar-refractivity contribution in [3.8, 4) is 0 Å². The molecule has 0 amide bonds. The van der Waals surface area contributed by atoms with Gasteiger partial charge in [-0.05, 0) is 0 Å². The molecule has 0 N–H and O–H groups in total. The molecule has 0 aliphatic rings. The van der Waals surface area contributed by atoms with Crippen molar-refractivity contribution >= 4 is 31.0 Å². The van der Waals surface area contributed by atoms with E-state index in [1.54, 1.807) is 0 Å². The van der Waals surface area contributed by atoms with Crippen LogP contribution in [0, 0.1) is 116 Å². The van der Waals surface area contributed by atoms with Crippen LogP contribution in [0.2, 0.25) is 0 Å². The van der Waals surface area contributed by atoms with Gasteiger partial charge in [0.1, 0.15) is 0 Å². The van der Waals surface area contributed by atoms with Gasteiger partial charge in [-0.1, -0.05) is 0 Å². The van der Waals surface area contributed by atoms with Gasteiger partial charge in [-0.15, -0.1) is 0 Å². The monoisotopic (exact) mass is 743 g/mol. The summed E-state index contributed by atoms with van der Waals surface area (Å²) >= 11 is -9.18. The van der Waals surface area contributed by atoms with Crippen molar-refractivity contribution in [1.29, 1.82) is 0 Å². The molecular weight excluding hydrogens is 743 g/mol. The van der Waals surface area contributed by atoms with Gasteiger partial charge in [0.15, 0.2) is 0 Å². The summed E-state index contributed by atoms with van der Waals surface area (Å²) in [6.45, 7) is 0. The van der Waals surface area contributed by atoms with E-state index < -0.39 is 147 Å². The van der Waals surface area contributed by atoms with Crippen LogP contribution < -0.4 is 17.4 Å². The molecule has 4 aromatic carbocycles. The molecule has 0 spiro atoms. The summed E-state index contributed by atoms with van der Waals surface area (Å²) in [7, 11) is 0. The summed E-state index contributed by atoms with van der Waals surface area (Å²) in [6, 6.07) is 0. The van der Waals surface area contributed by atoms with Gasteiger partial charge in [0.25, 0.3) is 0 Å². The van der Waals surface area contributed by atoms with Gasteiger partial charge >= 0.3 is 235 Å². The molecule has 45 heavy (non-hydrogen) atoms. The van der Waals surface area contributed by atoms with Crippen LogP contribution in [0.4, 0.5) is 87.8 Å². The van der Waals surface area contributed by atoms with Crippen molar-refractivity contribution in [2.75, 3.05) is 0 Å². The van der Waals surface area contributed by atoms with Crippen LogP contribution in [0.25, 0.3) is 0 Å². The summed E-state index contributed by atoms with van der Waals surface area (Å²) < 4.78 is 280. The van der Waals surface area contributed by atoms with E-state index in [1.807, 2.05) is 0 Å². The summed E-state index contributed by atoms with van der Waals surface area (Å²) in [5, 5.41) is 0. The van der Waals surface area contributed by atoms with Crippen LogP contribution in [0.1, 0.15) is 0 Å². The zero-order chi connectivity index (χ0) is 34.4. The van der Waals surface area contributed by atoms with Crippen LogP contribution in [-0.2, 0) is 0 Å². The molecule has 0 aliphatic carbocycles. The van der Waals surface area contributed by atoms with E-state index >= 15 is 35.1 Å². The Balaban J connectivity index is 2.69. The molecule has 0 bridgehead atoms. The molecule has 0 heterocycles. The van der Waals surface area contributed by atoms with Crippen LogP contribution in [0.3, 0.4) is 0 Å². The molecule has 0 saturated heterocycles. The Bertz CT molecular complexity index is 1570. The summed E-state index contributed by atoms with van der Waals surface area (Å²) in [5.74, 6) is -70.7. The maximum atomic E-state index is 15.4. The molecule has 4 rings (SSSR count). The number of hydrogen-bond acceptors (Lipinski definition) is 0. The second-order valence-corrected chi connectivity index (χ2v) is 14.9. The van der Waals surface area contributed by atoms with Crippen LogP contribution >= 0.6 is 0 Å². The van der Waals surface area contributed by atoms with Crippen molar-refractivity contribution in [2.45, 2.75) is 0 Å². The Morgan fingerprint density at radius 3 is 0.356 bits per heavy atom. The predicted molar refractivity (Wildman–Crippen MR) is 109 cm³/mol. The second-order valence-electron chi connectivity index (χ2n) is 8.34. The Labute approximate surface area is 235 Å². The van der Waals surface area contributed by atoms with E-state index in [1.165, 1.54) is 0 Å². The predicted octanol–water partition coefficient (Wildman–Crippen LogP) is 5.85. The Morgan fingerprint density at radius 2 is 0.244 bits per heavy atom. The van der Waals surface area contributed by atoms with E-state index in [2.05, 4.69) is 0 Å². The fourth-order valence-electron chi connectivity index (χ4n) is 4.22. The zero-order valence-corrected chi connectivity index (χ0v) is 21.9. The molecule has 0 nitrogen and oxygen atoms in total. The maximum absolute atomic E-state index is 15.4. The van der Waals surface area contributed by atoms with Crippen LogP contribution in [0.15, 0.2) is 0 Å². The van der Waals surface area contributed by atoms with Gasteiger partial charge in [0.2, 0.25) is 0 Å². The van der Waals surface area contributed by atoms with E-state index in [0.29, 0.717) is 0 Å². The third-order valence-corrected chi connectivity index (χ3v) is 15.0. The minimum atomic E-state index is -9.18. The van der Waals surface area contributed by atoms with Gasteiger partial charge in [0, 0.05) is 0 Å². The van der Waals surface area contributed by atoms with Crippen molar-refractivity contribution in [3.63, 3.8) is 0 Å². The van der Waals surface area contributed by atoms with Crippen molar-refractivity contribution in [3.05, 3.63) is 116 Å². The number of hydrogen-bond donors (Lipinski definition) is 0. The quantitative estimate of drug-likeness (QED) is 0.107. The van der Waals surface area contributed by atoms with E-state index in [-0.39, 0.29) is 0 Å². The molecule has 0 atom stereocenters. The average Bonchev–Trinajstić information content (AvgIpc) is 3.00. The molecule has 1 radical (unpaired) electrons. The first-order chi connectivity index (χ1) is 20.7. The molecule has 4 aromatic rings. The second kappa shape index (κ2) is 11.1. The third kappa shape index (κ3) is 4.30. The normalized spacial score (nSPS) is 12.0. The van der Waals surface area contributed by atoms with E-state index in [0.717, 1.165) is 0 Å². The van der Waals surface area contributed by atoms with Crippen LogP contribution in [0.5, 0.6) is 0 Å². The Morgan fingerprint density at radius 1 is 0.156 bits per heavy atom. The Hall–Kier alpha value is -3.96. The number of benzene rings is 4. The van der Waals surface area contributed by atoms with Gasteiger partial charge < -0.3 is 0 Å². The first kappa shape index (κ1) is 33.9. The summed E-state index contributed by atoms with van der Waals surface area (Å²) in [6.07, 6.45) is 0. The first-order valence-corrected chi connectivity index (χ1v) is 14.4. The van der Waals surface area contributed by atoms with Gasteiger partial charge in [-0.2, -0.15) is 0 Å². The van der Waals surface area contributed by atoms with Gasteiger partial charge in [-0.25, -0.2) is 0 Å². The van der Waals surface area contributed by atoms with Crippen molar-refractivity contribution in [2.24, 2.45) is 0 Å². The third-order valence-electron chi connectivity index (χ3n) is 6.09.